The van der Waals surface area contributed by atoms with Crippen LogP contribution >= 0.6 is 0 Å². The number of carbonyl (C=O) groups is 1. The molecule has 5 rings (SSSR count). The molecule has 136 valence electrons. The molecule has 0 aromatic carbocycles. The first kappa shape index (κ1) is 16.0. The predicted octanol–water partition coefficient (Wildman–Crippen LogP) is 2.84. The van der Waals surface area contributed by atoms with E-state index in [1.54, 1.807) is 6.20 Å². The highest BCUT2D eigenvalue weighted by atomic mass is 16.2. The molecule has 2 atom stereocenters. The zero-order valence-corrected chi connectivity index (χ0v) is 15.0. The molecule has 2 aromatic rings. The number of rotatable bonds is 2. The van der Waals surface area contributed by atoms with Crippen LogP contribution in [0.5, 0.6) is 0 Å². The summed E-state index contributed by atoms with van der Waals surface area (Å²) in [5, 5.41) is 8.90. The summed E-state index contributed by atoms with van der Waals surface area (Å²) in [5.74, 6) is 2.54. The van der Waals surface area contributed by atoms with E-state index in [4.69, 9.17) is 0 Å². The molecule has 0 N–H and O–H groups in total. The topological polar surface area (TPSA) is 63.9 Å². The van der Waals surface area contributed by atoms with Gasteiger partial charge in [0, 0.05) is 42.9 Å². The third-order valence-corrected chi connectivity index (χ3v) is 6.39. The van der Waals surface area contributed by atoms with Gasteiger partial charge in [0.2, 0.25) is 5.91 Å². The number of hydrogen-bond acceptors (Lipinski definition) is 4. The summed E-state index contributed by atoms with van der Waals surface area (Å²) < 4.78 is 2.22. The van der Waals surface area contributed by atoms with Crippen LogP contribution in [0.25, 0.3) is 11.4 Å². The number of fused-ring (bicyclic) bond motifs is 3. The zero-order chi connectivity index (χ0) is 17.5. The number of hydrogen-bond donors (Lipinski definition) is 0. The van der Waals surface area contributed by atoms with Crippen molar-refractivity contribution in [1.29, 1.82) is 0 Å². The molecule has 26 heavy (non-hydrogen) atoms. The van der Waals surface area contributed by atoms with Crippen LogP contribution in [0, 0.1) is 5.92 Å². The normalized spacial score (nSPS) is 25.8. The van der Waals surface area contributed by atoms with Crippen molar-refractivity contribution >= 4 is 5.91 Å². The van der Waals surface area contributed by atoms with Gasteiger partial charge in [0.1, 0.15) is 5.82 Å². The maximum Gasteiger partial charge on any atom is 0.226 e. The van der Waals surface area contributed by atoms with Crippen molar-refractivity contribution in [2.75, 3.05) is 0 Å². The van der Waals surface area contributed by atoms with Gasteiger partial charge in [0.25, 0.3) is 0 Å². The van der Waals surface area contributed by atoms with Crippen LogP contribution in [0.15, 0.2) is 24.5 Å². The zero-order valence-electron chi connectivity index (χ0n) is 15.0. The Morgan fingerprint density at radius 1 is 1.04 bits per heavy atom. The number of pyridine rings is 1. The highest BCUT2D eigenvalue weighted by Gasteiger charge is 2.43. The SMILES string of the molecule is O=C(C1CCCCC1)N1[C@@H]2CC[C@H]1Cc1nnc(-c3cccnc3)n1C2. The van der Waals surface area contributed by atoms with Gasteiger partial charge in [-0.05, 0) is 37.8 Å². The monoisotopic (exact) mass is 351 g/mol. The second-order valence-electron chi connectivity index (χ2n) is 7.96. The van der Waals surface area contributed by atoms with Crippen molar-refractivity contribution in [2.45, 2.75) is 70.0 Å². The van der Waals surface area contributed by atoms with Gasteiger partial charge in [0.05, 0.1) is 6.04 Å². The summed E-state index contributed by atoms with van der Waals surface area (Å²) in [4.78, 5) is 19.7. The molecule has 0 spiro atoms. The summed E-state index contributed by atoms with van der Waals surface area (Å²) in [7, 11) is 0. The molecule has 0 unspecified atom stereocenters. The first-order valence-corrected chi connectivity index (χ1v) is 9.96. The molecule has 1 aliphatic carbocycles. The predicted molar refractivity (Wildman–Crippen MR) is 97.2 cm³/mol. The molecule has 3 aliphatic rings. The van der Waals surface area contributed by atoms with E-state index >= 15 is 0 Å². The van der Waals surface area contributed by atoms with Crippen molar-refractivity contribution in [3.63, 3.8) is 0 Å². The van der Waals surface area contributed by atoms with Gasteiger partial charge in [-0.2, -0.15) is 0 Å². The minimum absolute atomic E-state index is 0.244. The fraction of sp³-hybridized carbons (Fsp3) is 0.600. The van der Waals surface area contributed by atoms with E-state index in [2.05, 4.69) is 24.6 Å². The molecule has 2 fully saturated rings. The molecule has 2 aliphatic heterocycles. The van der Waals surface area contributed by atoms with E-state index < -0.39 is 0 Å². The third kappa shape index (κ3) is 2.63. The molecule has 1 amide bonds. The minimum atomic E-state index is 0.244. The number of carbonyl (C=O) groups excluding carboxylic acids is 1. The van der Waals surface area contributed by atoms with Gasteiger partial charge >= 0.3 is 0 Å². The summed E-state index contributed by atoms with van der Waals surface area (Å²) in [6.45, 7) is 0.807. The number of nitrogens with zero attached hydrogens (tertiary/aromatic N) is 5. The maximum atomic E-state index is 13.3. The Balaban J connectivity index is 1.44. The minimum Gasteiger partial charge on any atom is -0.334 e. The summed E-state index contributed by atoms with van der Waals surface area (Å²) in [5.41, 5.74) is 0.995. The fourth-order valence-corrected chi connectivity index (χ4v) is 5.07. The van der Waals surface area contributed by atoms with Crippen molar-refractivity contribution in [3.05, 3.63) is 30.4 Å². The van der Waals surface area contributed by atoms with E-state index in [1.165, 1.54) is 19.3 Å². The largest absolute Gasteiger partial charge is 0.334 e. The molecule has 2 aromatic heterocycles. The third-order valence-electron chi connectivity index (χ3n) is 6.39. The van der Waals surface area contributed by atoms with Crippen LogP contribution in [0.3, 0.4) is 0 Å². The van der Waals surface area contributed by atoms with Crippen molar-refractivity contribution < 1.29 is 4.79 Å². The first-order valence-electron chi connectivity index (χ1n) is 9.96. The Bertz CT molecular complexity index is 796. The second kappa shape index (κ2) is 6.49. The van der Waals surface area contributed by atoms with Crippen LogP contribution in [-0.2, 0) is 17.8 Å². The lowest BCUT2D eigenvalue weighted by atomic mass is 9.88. The maximum absolute atomic E-state index is 13.3. The molecular formula is C20H25N5O. The summed E-state index contributed by atoms with van der Waals surface area (Å²) >= 11 is 0. The standard InChI is InChI=1S/C20H25N5O/c26-20(14-5-2-1-3-6-14)25-16-8-9-17(25)13-24-18(11-16)22-23-19(24)15-7-4-10-21-12-15/h4,7,10,12,14,16-17H,1-3,5-6,8-9,11,13H2/t16-,17+/m0/s1. The summed E-state index contributed by atoms with van der Waals surface area (Å²) in [6, 6.07) is 4.53. The lowest BCUT2D eigenvalue weighted by molar-refractivity contribution is -0.139. The molecule has 2 bridgehead atoms. The van der Waals surface area contributed by atoms with E-state index in [1.807, 2.05) is 18.3 Å². The quantitative estimate of drug-likeness (QED) is 0.835. The lowest BCUT2D eigenvalue weighted by Gasteiger charge is -2.33. The molecule has 6 heteroatoms. The smallest absolute Gasteiger partial charge is 0.226 e. The van der Waals surface area contributed by atoms with Crippen molar-refractivity contribution in [3.8, 4) is 11.4 Å². The highest BCUT2D eigenvalue weighted by Crippen LogP contribution is 2.36. The van der Waals surface area contributed by atoms with Gasteiger partial charge in [0.15, 0.2) is 5.82 Å². The van der Waals surface area contributed by atoms with Gasteiger partial charge < -0.3 is 9.47 Å². The molecule has 6 nitrogen and oxygen atoms in total. The van der Waals surface area contributed by atoms with E-state index in [0.29, 0.717) is 11.9 Å². The van der Waals surface area contributed by atoms with Crippen LogP contribution < -0.4 is 0 Å². The molecular weight excluding hydrogens is 326 g/mol. The van der Waals surface area contributed by atoms with Crippen LogP contribution in [0.1, 0.15) is 50.8 Å². The molecule has 1 saturated heterocycles. The summed E-state index contributed by atoms with van der Waals surface area (Å²) in [6.07, 6.45) is 12.5. The van der Waals surface area contributed by atoms with Gasteiger partial charge in [-0.25, -0.2) is 0 Å². The molecule has 1 saturated carbocycles. The second-order valence-corrected chi connectivity index (χ2v) is 7.96. The highest BCUT2D eigenvalue weighted by molar-refractivity contribution is 5.80. The van der Waals surface area contributed by atoms with E-state index in [-0.39, 0.29) is 12.0 Å². The Morgan fingerprint density at radius 3 is 2.69 bits per heavy atom. The van der Waals surface area contributed by atoms with Crippen molar-refractivity contribution in [1.82, 2.24) is 24.6 Å². The van der Waals surface area contributed by atoms with Crippen LogP contribution in [-0.4, -0.2) is 42.6 Å². The number of amides is 1. The molecule has 4 heterocycles. The van der Waals surface area contributed by atoms with Gasteiger partial charge in [-0.1, -0.05) is 19.3 Å². The van der Waals surface area contributed by atoms with E-state index in [9.17, 15) is 4.79 Å². The number of aromatic nitrogens is 4. The Hall–Kier alpha value is -2.24. The average molecular weight is 351 g/mol. The van der Waals surface area contributed by atoms with E-state index in [0.717, 1.165) is 55.9 Å². The lowest BCUT2D eigenvalue weighted by Crippen LogP contribution is -2.45. The van der Waals surface area contributed by atoms with Gasteiger partial charge in [-0.15, -0.1) is 10.2 Å². The van der Waals surface area contributed by atoms with Crippen LogP contribution in [0.2, 0.25) is 0 Å². The Morgan fingerprint density at radius 2 is 1.88 bits per heavy atom. The fourth-order valence-electron chi connectivity index (χ4n) is 5.07. The Kier molecular flexibility index (Phi) is 3.98. The van der Waals surface area contributed by atoms with Crippen LogP contribution in [0.4, 0.5) is 0 Å². The Labute approximate surface area is 153 Å². The van der Waals surface area contributed by atoms with Gasteiger partial charge in [-0.3, -0.25) is 9.78 Å². The average Bonchev–Trinajstić information content (AvgIpc) is 3.22. The molecule has 0 radical (unpaired) electrons. The van der Waals surface area contributed by atoms with Crippen molar-refractivity contribution in [2.24, 2.45) is 5.92 Å². The first-order chi connectivity index (χ1) is 12.8.